The van der Waals surface area contributed by atoms with E-state index < -0.39 is 5.97 Å². The summed E-state index contributed by atoms with van der Waals surface area (Å²) in [7, 11) is 3.08. The first kappa shape index (κ1) is 19.5. The lowest BCUT2D eigenvalue weighted by atomic mass is 9.98. The summed E-state index contributed by atoms with van der Waals surface area (Å²) in [4.78, 5) is 24.4. The van der Waals surface area contributed by atoms with Crippen molar-refractivity contribution in [1.29, 1.82) is 0 Å². The van der Waals surface area contributed by atoms with Crippen molar-refractivity contribution < 1.29 is 23.8 Å². The number of esters is 1. The summed E-state index contributed by atoms with van der Waals surface area (Å²) >= 11 is 0. The predicted octanol–water partition coefficient (Wildman–Crippen LogP) is 3.60. The first-order valence-corrected chi connectivity index (χ1v) is 8.33. The normalized spacial score (nSPS) is 10.3. The molecule has 0 heterocycles. The number of carbonyl (C=O) groups is 2. The number of carbonyl (C=O) groups excluding carboxylic acids is 2. The molecule has 5 nitrogen and oxygen atoms in total. The van der Waals surface area contributed by atoms with Gasteiger partial charge in [0, 0.05) is 5.56 Å². The van der Waals surface area contributed by atoms with Gasteiger partial charge in [-0.2, -0.15) is 0 Å². The molecule has 0 aliphatic rings. The minimum atomic E-state index is -0.466. The van der Waals surface area contributed by atoms with Gasteiger partial charge in [0.15, 0.2) is 18.1 Å². The van der Waals surface area contributed by atoms with Crippen LogP contribution in [0.1, 0.15) is 32.6 Å². The molecule has 0 aliphatic heterocycles. The second-order valence-electron chi connectivity index (χ2n) is 6.20. The van der Waals surface area contributed by atoms with Crippen LogP contribution in [0.4, 0.5) is 0 Å². The predicted molar refractivity (Wildman–Crippen MR) is 99.2 cm³/mol. The Bertz CT molecular complexity index is 823. The molecule has 0 unspecified atom stereocenters. The van der Waals surface area contributed by atoms with E-state index in [1.165, 1.54) is 7.11 Å². The van der Waals surface area contributed by atoms with Crippen molar-refractivity contribution in [3.63, 3.8) is 0 Å². The van der Waals surface area contributed by atoms with E-state index in [0.29, 0.717) is 17.1 Å². The zero-order valence-electron chi connectivity index (χ0n) is 15.8. The third-order valence-electron chi connectivity index (χ3n) is 4.30. The maximum absolute atomic E-state index is 12.4. The summed E-state index contributed by atoms with van der Waals surface area (Å²) in [6, 6.07) is 9.02. The Morgan fingerprint density at radius 1 is 0.846 bits per heavy atom. The summed E-state index contributed by atoms with van der Waals surface area (Å²) in [5.74, 6) is 0.461. The van der Waals surface area contributed by atoms with Gasteiger partial charge in [0.25, 0.3) is 0 Å². The summed E-state index contributed by atoms with van der Waals surface area (Å²) in [6.07, 6.45) is 0.0551. The van der Waals surface area contributed by atoms with Crippen molar-refractivity contribution >= 4 is 11.8 Å². The minimum Gasteiger partial charge on any atom is -0.493 e. The Labute approximate surface area is 153 Å². The largest absolute Gasteiger partial charge is 0.493 e. The highest BCUT2D eigenvalue weighted by molar-refractivity contribution is 5.99. The van der Waals surface area contributed by atoms with Crippen LogP contribution in [0.2, 0.25) is 0 Å². The molecule has 0 amide bonds. The van der Waals surface area contributed by atoms with E-state index in [1.807, 2.05) is 32.9 Å². The van der Waals surface area contributed by atoms with Crippen molar-refractivity contribution in [2.75, 3.05) is 20.8 Å². The Balaban J connectivity index is 1.99. The molecule has 0 radical (unpaired) electrons. The molecule has 0 atom stereocenters. The lowest BCUT2D eigenvalue weighted by molar-refractivity contribution is -0.141. The number of hydrogen-bond donors (Lipinski definition) is 0. The van der Waals surface area contributed by atoms with Crippen LogP contribution in [0.25, 0.3) is 0 Å². The van der Waals surface area contributed by atoms with Gasteiger partial charge in [0.1, 0.15) is 0 Å². The second kappa shape index (κ2) is 8.52. The van der Waals surface area contributed by atoms with Crippen molar-refractivity contribution in [2.24, 2.45) is 0 Å². The van der Waals surface area contributed by atoms with Crippen LogP contribution < -0.4 is 9.47 Å². The SMILES string of the molecule is COc1ccc(CC(=O)OCC(=O)c2cc(C)c(C)cc2C)cc1OC. The number of benzene rings is 2. The number of hydrogen-bond acceptors (Lipinski definition) is 5. The lowest BCUT2D eigenvalue weighted by Crippen LogP contribution is -2.16. The average Bonchev–Trinajstić information content (AvgIpc) is 2.62. The van der Waals surface area contributed by atoms with Gasteiger partial charge in [-0.25, -0.2) is 0 Å². The summed E-state index contributed by atoms with van der Waals surface area (Å²) in [5.41, 5.74) is 4.36. The summed E-state index contributed by atoms with van der Waals surface area (Å²) < 4.78 is 15.5. The van der Waals surface area contributed by atoms with Crippen LogP contribution >= 0.6 is 0 Å². The van der Waals surface area contributed by atoms with E-state index in [0.717, 1.165) is 22.3 Å². The molecule has 2 aromatic rings. The van der Waals surface area contributed by atoms with Gasteiger partial charge >= 0.3 is 5.97 Å². The number of ketones is 1. The Morgan fingerprint density at radius 3 is 2.15 bits per heavy atom. The van der Waals surface area contributed by atoms with E-state index in [-0.39, 0.29) is 18.8 Å². The van der Waals surface area contributed by atoms with Gasteiger partial charge in [0.2, 0.25) is 5.78 Å². The fourth-order valence-corrected chi connectivity index (χ4v) is 2.69. The zero-order valence-corrected chi connectivity index (χ0v) is 15.8. The van der Waals surface area contributed by atoms with Crippen molar-refractivity contribution in [1.82, 2.24) is 0 Å². The Hall–Kier alpha value is -2.82. The molecule has 0 saturated heterocycles. The van der Waals surface area contributed by atoms with E-state index in [9.17, 15) is 9.59 Å². The van der Waals surface area contributed by atoms with Crippen molar-refractivity contribution in [2.45, 2.75) is 27.2 Å². The van der Waals surface area contributed by atoms with Gasteiger partial charge in [-0.15, -0.1) is 0 Å². The minimum absolute atomic E-state index is 0.0551. The summed E-state index contributed by atoms with van der Waals surface area (Å²) in [6.45, 7) is 5.56. The highest BCUT2D eigenvalue weighted by Crippen LogP contribution is 2.27. The number of ether oxygens (including phenoxy) is 3. The quantitative estimate of drug-likeness (QED) is 0.560. The van der Waals surface area contributed by atoms with Crippen molar-refractivity contribution in [3.05, 3.63) is 58.1 Å². The van der Waals surface area contributed by atoms with E-state index >= 15 is 0 Å². The zero-order chi connectivity index (χ0) is 19.3. The molecule has 2 aromatic carbocycles. The van der Waals surface area contributed by atoms with Crippen LogP contribution in [-0.4, -0.2) is 32.6 Å². The highest BCUT2D eigenvalue weighted by Gasteiger charge is 2.14. The third kappa shape index (κ3) is 4.63. The first-order valence-electron chi connectivity index (χ1n) is 8.33. The molecule has 26 heavy (non-hydrogen) atoms. The van der Waals surface area contributed by atoms with Crippen LogP contribution in [0.3, 0.4) is 0 Å². The van der Waals surface area contributed by atoms with Crippen molar-refractivity contribution in [3.8, 4) is 11.5 Å². The summed E-state index contributed by atoms with van der Waals surface area (Å²) in [5, 5.41) is 0. The van der Waals surface area contributed by atoms with Gasteiger partial charge in [0.05, 0.1) is 20.6 Å². The smallest absolute Gasteiger partial charge is 0.310 e. The molecule has 0 aliphatic carbocycles. The fraction of sp³-hybridized carbons (Fsp3) is 0.333. The molecule has 0 saturated carbocycles. The van der Waals surface area contributed by atoms with E-state index in [4.69, 9.17) is 14.2 Å². The molecule has 0 spiro atoms. The lowest BCUT2D eigenvalue weighted by Gasteiger charge is -2.11. The average molecular weight is 356 g/mol. The number of methoxy groups -OCH3 is 2. The maximum atomic E-state index is 12.4. The third-order valence-corrected chi connectivity index (χ3v) is 4.30. The number of aryl methyl sites for hydroxylation is 3. The Kier molecular flexibility index (Phi) is 6.39. The molecule has 0 aromatic heterocycles. The van der Waals surface area contributed by atoms with Gasteiger partial charge in [-0.3, -0.25) is 9.59 Å². The van der Waals surface area contributed by atoms with Gasteiger partial charge < -0.3 is 14.2 Å². The Morgan fingerprint density at radius 2 is 1.50 bits per heavy atom. The molecule has 138 valence electrons. The molecule has 5 heteroatoms. The highest BCUT2D eigenvalue weighted by atomic mass is 16.5. The standard InChI is InChI=1S/C21H24O5/c1-13-8-15(3)17(9-14(13)2)18(22)12-26-21(23)11-16-6-7-19(24-4)20(10-16)25-5/h6-10H,11-12H2,1-5H3. The van der Waals surface area contributed by atoms with Gasteiger partial charge in [-0.05, 0) is 61.2 Å². The van der Waals surface area contributed by atoms with Crippen LogP contribution in [0, 0.1) is 20.8 Å². The van der Waals surface area contributed by atoms with E-state index in [1.54, 1.807) is 25.3 Å². The molecule has 0 N–H and O–H groups in total. The van der Waals surface area contributed by atoms with Crippen LogP contribution in [0.5, 0.6) is 11.5 Å². The second-order valence-corrected chi connectivity index (χ2v) is 6.20. The number of Topliss-reactive ketones (excluding diaryl/α,β-unsaturated/α-hetero) is 1. The maximum Gasteiger partial charge on any atom is 0.310 e. The van der Waals surface area contributed by atoms with Crippen LogP contribution in [-0.2, 0) is 16.0 Å². The molecule has 2 rings (SSSR count). The molecule has 0 fully saturated rings. The van der Waals surface area contributed by atoms with E-state index in [2.05, 4.69) is 0 Å². The fourth-order valence-electron chi connectivity index (χ4n) is 2.69. The monoisotopic (exact) mass is 356 g/mol. The topological polar surface area (TPSA) is 61.8 Å². The molecule has 0 bridgehead atoms. The van der Waals surface area contributed by atoms with Gasteiger partial charge in [-0.1, -0.05) is 12.1 Å². The first-order chi connectivity index (χ1) is 12.3. The molecular weight excluding hydrogens is 332 g/mol. The van der Waals surface area contributed by atoms with Crippen LogP contribution in [0.15, 0.2) is 30.3 Å². The number of rotatable bonds is 7. The molecular formula is C21H24O5.